The highest BCUT2D eigenvalue weighted by molar-refractivity contribution is 7.92. The molecule has 0 spiro atoms. The van der Waals surface area contributed by atoms with Crippen molar-refractivity contribution in [2.24, 2.45) is 0 Å². The second kappa shape index (κ2) is 14.6. The molecule has 0 aliphatic heterocycles. The number of amides is 2. The lowest BCUT2D eigenvalue weighted by Crippen LogP contribution is -2.55. The fourth-order valence-electron chi connectivity index (χ4n) is 5.52. The van der Waals surface area contributed by atoms with Crippen molar-refractivity contribution in [2.45, 2.75) is 76.9 Å². The van der Waals surface area contributed by atoms with E-state index in [-0.39, 0.29) is 30.8 Å². The molecule has 1 aliphatic rings. The number of benzene rings is 3. The summed E-state index contributed by atoms with van der Waals surface area (Å²) in [6.07, 6.45) is 6.27. The second-order valence-electron chi connectivity index (χ2n) is 11.7. The lowest BCUT2D eigenvalue weighted by atomic mass is 9.94. The first-order valence-electron chi connectivity index (χ1n) is 15.0. The molecule has 230 valence electrons. The van der Waals surface area contributed by atoms with Gasteiger partial charge in [-0.3, -0.25) is 13.9 Å². The Kier molecular flexibility index (Phi) is 11.0. The van der Waals surface area contributed by atoms with Gasteiger partial charge < -0.3 is 10.2 Å². The van der Waals surface area contributed by atoms with Crippen molar-refractivity contribution in [3.8, 4) is 0 Å². The van der Waals surface area contributed by atoms with Crippen molar-refractivity contribution in [1.82, 2.24) is 10.2 Å². The Morgan fingerprint density at radius 3 is 2.09 bits per heavy atom. The van der Waals surface area contributed by atoms with Crippen molar-refractivity contribution >= 4 is 27.5 Å². The van der Waals surface area contributed by atoms with Crippen molar-refractivity contribution in [1.29, 1.82) is 0 Å². The van der Waals surface area contributed by atoms with Crippen LogP contribution in [0.5, 0.6) is 0 Å². The average molecular weight is 608 g/mol. The number of nitrogens with zero attached hydrogens (tertiary/aromatic N) is 2. The first-order chi connectivity index (χ1) is 20.5. The summed E-state index contributed by atoms with van der Waals surface area (Å²) in [4.78, 5) is 29.6. The van der Waals surface area contributed by atoms with Crippen molar-refractivity contribution < 1.29 is 22.4 Å². The standard InChI is InChI=1S/C34H42FN3O4S/c1-25(2)28-16-20-31(21-17-28)38(43(3,41)42)24-33(39)37(23-27-14-18-29(35)19-15-27)32(22-26-10-6-4-7-11-26)34(40)36-30-12-8-5-9-13-30/h4,6-7,10-11,14-21,25,30,32H,5,8-9,12-13,22-24H2,1-3H3,(H,36,40)/t32-/m0/s1. The molecule has 1 aliphatic carbocycles. The number of halogens is 1. The van der Waals surface area contributed by atoms with Gasteiger partial charge in [0, 0.05) is 19.0 Å². The molecule has 1 fully saturated rings. The Bertz CT molecular complexity index is 1460. The van der Waals surface area contributed by atoms with E-state index in [1.54, 1.807) is 24.3 Å². The number of hydrogen-bond donors (Lipinski definition) is 1. The van der Waals surface area contributed by atoms with Crippen molar-refractivity contribution in [3.63, 3.8) is 0 Å². The SMILES string of the molecule is CC(C)c1ccc(N(CC(=O)N(Cc2ccc(F)cc2)[C@@H](Cc2ccccc2)C(=O)NC2CCCCC2)S(C)(=O)=O)cc1. The Morgan fingerprint density at radius 2 is 1.51 bits per heavy atom. The second-order valence-corrected chi connectivity index (χ2v) is 13.6. The predicted molar refractivity (Wildman–Crippen MR) is 169 cm³/mol. The van der Waals surface area contributed by atoms with Gasteiger partial charge >= 0.3 is 0 Å². The predicted octanol–water partition coefficient (Wildman–Crippen LogP) is 5.80. The number of nitrogens with one attached hydrogen (secondary N) is 1. The van der Waals surface area contributed by atoms with Crippen LogP contribution < -0.4 is 9.62 Å². The molecule has 3 aromatic rings. The zero-order valence-electron chi connectivity index (χ0n) is 25.2. The van der Waals surface area contributed by atoms with Gasteiger partial charge in [-0.05, 0) is 59.7 Å². The number of rotatable bonds is 12. The summed E-state index contributed by atoms with van der Waals surface area (Å²) in [6.45, 7) is 3.62. The summed E-state index contributed by atoms with van der Waals surface area (Å²) in [5, 5.41) is 3.18. The summed E-state index contributed by atoms with van der Waals surface area (Å²) in [6, 6.07) is 21.4. The molecule has 1 atom stereocenters. The molecule has 2 amide bonds. The summed E-state index contributed by atoms with van der Waals surface area (Å²) < 4.78 is 40.8. The minimum Gasteiger partial charge on any atom is -0.352 e. The molecule has 0 unspecified atom stereocenters. The lowest BCUT2D eigenvalue weighted by Gasteiger charge is -2.35. The van der Waals surface area contributed by atoms with Crippen LogP contribution in [0.2, 0.25) is 0 Å². The summed E-state index contributed by atoms with van der Waals surface area (Å²) in [5.41, 5.74) is 2.91. The van der Waals surface area contributed by atoms with E-state index in [4.69, 9.17) is 0 Å². The third-order valence-electron chi connectivity index (χ3n) is 8.02. The largest absolute Gasteiger partial charge is 0.352 e. The minimum absolute atomic E-state index is 0.0125. The monoisotopic (exact) mass is 607 g/mol. The molecule has 1 N–H and O–H groups in total. The highest BCUT2D eigenvalue weighted by atomic mass is 32.2. The Morgan fingerprint density at radius 1 is 0.884 bits per heavy atom. The van der Waals surface area contributed by atoms with Gasteiger partial charge in [0.15, 0.2) is 0 Å². The van der Waals surface area contributed by atoms with Gasteiger partial charge in [0.2, 0.25) is 21.8 Å². The summed E-state index contributed by atoms with van der Waals surface area (Å²) in [7, 11) is -3.85. The molecule has 0 bridgehead atoms. The van der Waals surface area contributed by atoms with E-state index in [0.29, 0.717) is 11.3 Å². The third-order valence-corrected chi connectivity index (χ3v) is 9.16. The first kappa shape index (κ1) is 32.2. The van der Waals surface area contributed by atoms with E-state index in [2.05, 4.69) is 5.32 Å². The van der Waals surface area contributed by atoms with Crippen LogP contribution >= 0.6 is 0 Å². The first-order valence-corrected chi connectivity index (χ1v) is 16.8. The van der Waals surface area contributed by atoms with Crippen LogP contribution in [0.15, 0.2) is 78.9 Å². The lowest BCUT2D eigenvalue weighted by molar-refractivity contribution is -0.140. The van der Waals surface area contributed by atoms with E-state index in [1.165, 1.54) is 17.0 Å². The number of carbonyl (C=O) groups is 2. The Labute approximate surface area is 255 Å². The topological polar surface area (TPSA) is 86.8 Å². The quantitative estimate of drug-likeness (QED) is 0.282. The minimum atomic E-state index is -3.85. The molecule has 0 heterocycles. The van der Waals surface area contributed by atoms with Crippen LogP contribution in [0, 0.1) is 5.82 Å². The zero-order valence-corrected chi connectivity index (χ0v) is 26.0. The normalized spacial score (nSPS) is 14.7. The van der Waals surface area contributed by atoms with Crippen LogP contribution in [0.4, 0.5) is 10.1 Å². The van der Waals surface area contributed by atoms with Gasteiger partial charge in [-0.25, -0.2) is 12.8 Å². The highest BCUT2D eigenvalue weighted by Gasteiger charge is 2.34. The molecular formula is C34H42FN3O4S. The van der Waals surface area contributed by atoms with Crippen LogP contribution in [-0.2, 0) is 32.6 Å². The molecule has 7 nitrogen and oxygen atoms in total. The van der Waals surface area contributed by atoms with E-state index in [9.17, 15) is 22.4 Å². The molecule has 0 aromatic heterocycles. The molecule has 9 heteroatoms. The molecule has 0 saturated heterocycles. The molecule has 1 saturated carbocycles. The van der Waals surface area contributed by atoms with Gasteiger partial charge in [0.05, 0.1) is 11.9 Å². The maximum absolute atomic E-state index is 14.2. The molecule has 43 heavy (non-hydrogen) atoms. The van der Waals surface area contributed by atoms with Gasteiger partial charge in [0.25, 0.3) is 0 Å². The Hall–Kier alpha value is -3.72. The van der Waals surface area contributed by atoms with Gasteiger partial charge in [-0.15, -0.1) is 0 Å². The number of sulfonamides is 1. The van der Waals surface area contributed by atoms with Crippen LogP contribution in [-0.4, -0.2) is 50.0 Å². The smallest absolute Gasteiger partial charge is 0.244 e. The highest BCUT2D eigenvalue weighted by Crippen LogP contribution is 2.24. The Balaban J connectivity index is 1.71. The van der Waals surface area contributed by atoms with Gasteiger partial charge in [-0.2, -0.15) is 0 Å². The van der Waals surface area contributed by atoms with Gasteiger partial charge in [-0.1, -0.05) is 87.7 Å². The summed E-state index contributed by atoms with van der Waals surface area (Å²) in [5.74, 6) is -0.957. The van der Waals surface area contributed by atoms with Crippen LogP contribution in [0.1, 0.15) is 68.6 Å². The number of anilines is 1. The van der Waals surface area contributed by atoms with E-state index in [0.717, 1.165) is 53.8 Å². The van der Waals surface area contributed by atoms with Crippen molar-refractivity contribution in [3.05, 3.63) is 101 Å². The number of carbonyl (C=O) groups excluding carboxylic acids is 2. The fourth-order valence-corrected chi connectivity index (χ4v) is 6.37. The number of hydrogen-bond acceptors (Lipinski definition) is 4. The van der Waals surface area contributed by atoms with Crippen LogP contribution in [0.3, 0.4) is 0 Å². The zero-order chi connectivity index (χ0) is 31.0. The molecular weight excluding hydrogens is 565 g/mol. The third kappa shape index (κ3) is 9.13. The average Bonchev–Trinajstić information content (AvgIpc) is 2.99. The van der Waals surface area contributed by atoms with Crippen molar-refractivity contribution in [2.75, 3.05) is 17.1 Å². The van der Waals surface area contributed by atoms with E-state index in [1.807, 2.05) is 56.3 Å². The van der Waals surface area contributed by atoms with Gasteiger partial charge in [0.1, 0.15) is 18.4 Å². The molecule has 3 aromatic carbocycles. The molecule has 0 radical (unpaired) electrons. The van der Waals surface area contributed by atoms with E-state index < -0.39 is 34.3 Å². The fraction of sp³-hybridized carbons (Fsp3) is 0.412. The maximum atomic E-state index is 14.2. The van der Waals surface area contributed by atoms with Crippen LogP contribution in [0.25, 0.3) is 0 Å². The maximum Gasteiger partial charge on any atom is 0.244 e. The molecule has 4 rings (SSSR count). The summed E-state index contributed by atoms with van der Waals surface area (Å²) >= 11 is 0. The van der Waals surface area contributed by atoms with E-state index >= 15 is 0 Å².